The van der Waals surface area contributed by atoms with E-state index in [0.29, 0.717) is 19.5 Å². The van der Waals surface area contributed by atoms with Gasteiger partial charge in [-0.25, -0.2) is 4.79 Å². The number of hydrogen-bond acceptors (Lipinski definition) is 2. The van der Waals surface area contributed by atoms with Gasteiger partial charge in [-0.15, -0.1) is 0 Å². The Hall–Kier alpha value is -1.52. The van der Waals surface area contributed by atoms with E-state index in [0.717, 1.165) is 32.1 Å². The van der Waals surface area contributed by atoms with Crippen molar-refractivity contribution in [3.8, 4) is 0 Å². The lowest BCUT2D eigenvalue weighted by atomic mass is 9.81. The van der Waals surface area contributed by atoms with Crippen molar-refractivity contribution in [1.29, 1.82) is 0 Å². The molecular weight excluding hydrogens is 256 g/mol. The van der Waals surface area contributed by atoms with Crippen molar-refractivity contribution in [3.05, 3.63) is 12.2 Å². The second kappa shape index (κ2) is 5.11. The van der Waals surface area contributed by atoms with Crippen molar-refractivity contribution in [3.63, 3.8) is 0 Å². The van der Waals surface area contributed by atoms with E-state index in [1.807, 2.05) is 0 Å². The predicted molar refractivity (Wildman–Crippen MR) is 74.3 cm³/mol. The molecule has 2 aliphatic carbocycles. The molecule has 5 nitrogen and oxygen atoms in total. The molecule has 0 spiro atoms. The third-order valence-corrected chi connectivity index (χ3v) is 5.18. The van der Waals surface area contributed by atoms with E-state index in [-0.39, 0.29) is 18.0 Å². The molecular formula is C15H22N2O3. The molecule has 3 aliphatic rings. The number of rotatable bonds is 2. The smallest absolute Gasteiger partial charge is 0.317 e. The number of hydrogen-bond donors (Lipinski definition) is 2. The van der Waals surface area contributed by atoms with Crippen molar-refractivity contribution in [2.45, 2.75) is 44.6 Å². The number of aliphatic carboxylic acids is 1. The number of carbonyl (C=O) groups is 2. The molecule has 5 heteroatoms. The highest BCUT2D eigenvalue weighted by molar-refractivity contribution is 5.80. The molecule has 0 aromatic heterocycles. The van der Waals surface area contributed by atoms with Gasteiger partial charge in [0, 0.05) is 19.1 Å². The van der Waals surface area contributed by atoms with Crippen molar-refractivity contribution < 1.29 is 14.7 Å². The van der Waals surface area contributed by atoms with Gasteiger partial charge in [0.25, 0.3) is 0 Å². The second-order valence-electron chi connectivity index (χ2n) is 6.36. The third kappa shape index (κ3) is 2.19. The van der Waals surface area contributed by atoms with Crippen LogP contribution in [0.15, 0.2) is 12.2 Å². The molecule has 2 fully saturated rings. The Bertz CT molecular complexity index is 448. The molecule has 0 bridgehead atoms. The number of urea groups is 1. The molecule has 3 rings (SSSR count). The second-order valence-corrected chi connectivity index (χ2v) is 6.36. The summed E-state index contributed by atoms with van der Waals surface area (Å²) in [6.45, 7) is 0.974. The minimum atomic E-state index is -0.726. The fraction of sp³-hybridized carbons (Fsp3) is 0.733. The van der Waals surface area contributed by atoms with Crippen molar-refractivity contribution in [2.75, 3.05) is 13.1 Å². The molecule has 1 unspecified atom stereocenters. The number of nitrogens with zero attached hydrogens (tertiary/aromatic N) is 1. The molecule has 0 aromatic carbocycles. The van der Waals surface area contributed by atoms with Gasteiger partial charge in [0.1, 0.15) is 0 Å². The SMILES string of the molecule is O=C(NC1CC=CCC1)N1C[C@@H]2CCC[C@@]2(C(=O)O)C1. The Labute approximate surface area is 119 Å². The molecule has 1 aliphatic heterocycles. The van der Waals surface area contributed by atoms with Crippen LogP contribution in [0.5, 0.6) is 0 Å². The summed E-state index contributed by atoms with van der Waals surface area (Å²) in [5, 5.41) is 12.6. The first-order chi connectivity index (χ1) is 9.62. The van der Waals surface area contributed by atoms with Crippen LogP contribution in [0.3, 0.4) is 0 Å². The summed E-state index contributed by atoms with van der Waals surface area (Å²) in [6.07, 6.45) is 9.72. The summed E-state index contributed by atoms with van der Waals surface area (Å²) in [4.78, 5) is 25.6. The van der Waals surface area contributed by atoms with Crippen molar-refractivity contribution >= 4 is 12.0 Å². The minimum absolute atomic E-state index is 0.0830. The van der Waals surface area contributed by atoms with Gasteiger partial charge in [-0.1, -0.05) is 18.6 Å². The van der Waals surface area contributed by atoms with Crippen molar-refractivity contribution in [1.82, 2.24) is 10.2 Å². The Morgan fingerprint density at radius 2 is 2.15 bits per heavy atom. The molecule has 1 saturated heterocycles. The maximum absolute atomic E-state index is 12.3. The Balaban J connectivity index is 1.63. The van der Waals surface area contributed by atoms with Crippen LogP contribution < -0.4 is 5.32 Å². The first kappa shape index (κ1) is 13.5. The van der Waals surface area contributed by atoms with E-state index in [1.54, 1.807) is 4.90 Å². The molecule has 3 atom stereocenters. The fourth-order valence-corrected chi connectivity index (χ4v) is 3.98. The third-order valence-electron chi connectivity index (χ3n) is 5.18. The van der Waals surface area contributed by atoms with Crippen molar-refractivity contribution in [2.24, 2.45) is 11.3 Å². The summed E-state index contributed by atoms with van der Waals surface area (Å²) in [5.74, 6) is -0.590. The summed E-state index contributed by atoms with van der Waals surface area (Å²) in [7, 11) is 0. The Morgan fingerprint density at radius 1 is 1.30 bits per heavy atom. The van der Waals surface area contributed by atoms with Crippen LogP contribution in [-0.2, 0) is 4.79 Å². The largest absolute Gasteiger partial charge is 0.481 e. The number of carboxylic acids is 1. The minimum Gasteiger partial charge on any atom is -0.481 e. The van der Waals surface area contributed by atoms with Gasteiger partial charge in [-0.05, 0) is 38.0 Å². The number of nitrogens with one attached hydrogen (secondary N) is 1. The van der Waals surface area contributed by atoms with Crippen LogP contribution >= 0.6 is 0 Å². The summed E-state index contributed by atoms with van der Waals surface area (Å²) in [6, 6.07) is 0.119. The van der Waals surface area contributed by atoms with E-state index < -0.39 is 11.4 Å². The molecule has 1 saturated carbocycles. The van der Waals surface area contributed by atoms with E-state index in [4.69, 9.17) is 0 Å². The van der Waals surface area contributed by atoms with E-state index in [9.17, 15) is 14.7 Å². The zero-order valence-electron chi connectivity index (χ0n) is 11.7. The highest BCUT2D eigenvalue weighted by Crippen LogP contribution is 2.48. The number of amides is 2. The molecule has 20 heavy (non-hydrogen) atoms. The van der Waals surface area contributed by atoms with Crippen LogP contribution in [0.25, 0.3) is 0 Å². The van der Waals surface area contributed by atoms with E-state index in [2.05, 4.69) is 17.5 Å². The van der Waals surface area contributed by atoms with Gasteiger partial charge in [0.05, 0.1) is 5.41 Å². The number of allylic oxidation sites excluding steroid dienone is 1. The Kier molecular flexibility index (Phi) is 3.44. The van der Waals surface area contributed by atoms with Gasteiger partial charge < -0.3 is 15.3 Å². The monoisotopic (exact) mass is 278 g/mol. The number of carbonyl (C=O) groups excluding carboxylic acids is 1. The van der Waals surface area contributed by atoms with Crippen LogP contribution in [0.1, 0.15) is 38.5 Å². The molecule has 2 amide bonds. The van der Waals surface area contributed by atoms with Crippen LogP contribution in [0.4, 0.5) is 4.79 Å². The van der Waals surface area contributed by atoms with Gasteiger partial charge >= 0.3 is 12.0 Å². The number of carboxylic acid groups (broad SMARTS) is 1. The molecule has 0 aromatic rings. The first-order valence-corrected chi connectivity index (χ1v) is 7.56. The van der Waals surface area contributed by atoms with Gasteiger partial charge in [0.15, 0.2) is 0 Å². The average molecular weight is 278 g/mol. The number of fused-ring (bicyclic) bond motifs is 1. The van der Waals surface area contributed by atoms with Crippen LogP contribution in [0, 0.1) is 11.3 Å². The molecule has 0 radical (unpaired) electrons. The highest BCUT2D eigenvalue weighted by Gasteiger charge is 2.55. The number of likely N-dealkylation sites (tertiary alicyclic amines) is 1. The topological polar surface area (TPSA) is 69.6 Å². The molecule has 2 N–H and O–H groups in total. The van der Waals surface area contributed by atoms with E-state index >= 15 is 0 Å². The zero-order chi connectivity index (χ0) is 14.2. The first-order valence-electron chi connectivity index (χ1n) is 7.56. The summed E-state index contributed by atoms with van der Waals surface area (Å²) in [5.41, 5.74) is -0.677. The van der Waals surface area contributed by atoms with Gasteiger partial charge in [-0.2, -0.15) is 0 Å². The maximum Gasteiger partial charge on any atom is 0.317 e. The lowest BCUT2D eigenvalue weighted by Crippen LogP contribution is -2.45. The zero-order valence-corrected chi connectivity index (χ0v) is 11.7. The summed E-state index contributed by atoms with van der Waals surface area (Å²) < 4.78 is 0. The quantitative estimate of drug-likeness (QED) is 0.759. The van der Waals surface area contributed by atoms with Gasteiger partial charge in [-0.3, -0.25) is 4.79 Å². The highest BCUT2D eigenvalue weighted by atomic mass is 16.4. The fourth-order valence-electron chi connectivity index (χ4n) is 3.98. The Morgan fingerprint density at radius 3 is 2.80 bits per heavy atom. The van der Waals surface area contributed by atoms with Gasteiger partial charge in [0.2, 0.25) is 0 Å². The summed E-state index contributed by atoms with van der Waals surface area (Å²) >= 11 is 0. The lowest BCUT2D eigenvalue weighted by Gasteiger charge is -2.26. The maximum atomic E-state index is 12.3. The molecule has 1 heterocycles. The average Bonchev–Trinajstić information content (AvgIpc) is 2.97. The lowest BCUT2D eigenvalue weighted by molar-refractivity contribution is -0.149. The van der Waals surface area contributed by atoms with E-state index in [1.165, 1.54) is 0 Å². The van der Waals surface area contributed by atoms with Crippen LogP contribution in [-0.4, -0.2) is 41.1 Å². The molecule has 110 valence electrons. The standard InChI is InChI=1S/C15H22N2O3/c18-13(19)15-8-4-5-11(15)9-17(10-15)14(20)16-12-6-2-1-3-7-12/h1-2,11-12H,3-10H2,(H,16,20)(H,18,19)/t11-,12?,15+/m0/s1. The van der Waals surface area contributed by atoms with Crippen LogP contribution in [0.2, 0.25) is 0 Å². The predicted octanol–water partition coefficient (Wildman–Crippen LogP) is 1.99. The normalized spacial score (nSPS) is 35.9.